The van der Waals surface area contributed by atoms with Gasteiger partial charge in [-0.25, -0.2) is 9.79 Å². The monoisotopic (exact) mass is 199 g/mol. The maximum Gasteiger partial charge on any atom is 0.300 e. The minimum Gasteiger partial charge on any atom is -0.481 e. The van der Waals surface area contributed by atoms with Crippen molar-refractivity contribution in [1.82, 2.24) is 0 Å². The number of isocyanates is 1. The Bertz CT molecular complexity index is 199. The van der Waals surface area contributed by atoms with E-state index in [9.17, 15) is 4.79 Å². The lowest BCUT2D eigenvalue weighted by Gasteiger charge is -2.18. The van der Waals surface area contributed by atoms with Crippen molar-refractivity contribution in [3.8, 4) is 0 Å². The van der Waals surface area contributed by atoms with Crippen LogP contribution in [0.25, 0.3) is 0 Å². The molecule has 0 radical (unpaired) electrons. The van der Waals surface area contributed by atoms with Crippen LogP contribution >= 0.6 is 0 Å². The number of hydrogen-bond acceptors (Lipinski definition) is 3. The highest BCUT2D eigenvalue weighted by Crippen LogP contribution is 2.23. The molecule has 0 amide bonds. The normalized spacial score (nSPS) is 16.1. The molecule has 0 spiro atoms. The standard InChI is InChI=1S/C8H13NO.C2H4O2/c10-7-9-6-8-4-2-1-3-5-8;1-2(3)4/h8H,1-6H2;1H3,(H,3,4). The van der Waals surface area contributed by atoms with E-state index in [0.717, 1.165) is 6.92 Å². The molecule has 0 aromatic rings. The van der Waals surface area contributed by atoms with Crippen LogP contribution in [0, 0.1) is 5.92 Å². The van der Waals surface area contributed by atoms with Gasteiger partial charge in [0.2, 0.25) is 6.08 Å². The number of aliphatic imine (C=N–C) groups is 1. The minimum absolute atomic E-state index is 0.676. The predicted molar refractivity (Wildman–Crippen MR) is 52.9 cm³/mol. The molecule has 1 fully saturated rings. The van der Waals surface area contributed by atoms with E-state index >= 15 is 0 Å². The summed E-state index contributed by atoms with van der Waals surface area (Å²) in [6.45, 7) is 1.80. The summed E-state index contributed by atoms with van der Waals surface area (Å²) in [5.41, 5.74) is 0. The van der Waals surface area contributed by atoms with E-state index < -0.39 is 5.97 Å². The van der Waals surface area contributed by atoms with Gasteiger partial charge < -0.3 is 5.11 Å². The summed E-state index contributed by atoms with van der Waals surface area (Å²) < 4.78 is 0. The van der Waals surface area contributed by atoms with Gasteiger partial charge in [0.25, 0.3) is 5.97 Å². The maximum atomic E-state index is 9.76. The Labute approximate surface area is 84.0 Å². The van der Waals surface area contributed by atoms with Gasteiger partial charge in [0, 0.05) is 6.92 Å². The van der Waals surface area contributed by atoms with Gasteiger partial charge >= 0.3 is 0 Å². The summed E-state index contributed by atoms with van der Waals surface area (Å²) in [5.74, 6) is -0.157. The number of carboxylic acid groups (broad SMARTS) is 1. The van der Waals surface area contributed by atoms with Gasteiger partial charge in [0.1, 0.15) is 0 Å². The quantitative estimate of drug-likeness (QED) is 0.546. The Morgan fingerprint density at radius 2 is 1.93 bits per heavy atom. The molecule has 1 aliphatic rings. The third-order valence-electron chi connectivity index (χ3n) is 2.14. The number of carbonyl (C=O) groups is 1. The number of rotatable bonds is 2. The molecule has 0 unspecified atom stereocenters. The second-order valence-electron chi connectivity index (χ2n) is 3.46. The van der Waals surface area contributed by atoms with E-state index in [2.05, 4.69) is 4.99 Å². The fraction of sp³-hybridized carbons (Fsp3) is 0.800. The third kappa shape index (κ3) is 8.94. The van der Waals surface area contributed by atoms with Gasteiger partial charge in [-0.1, -0.05) is 19.3 Å². The second kappa shape index (κ2) is 8.45. The first-order valence-corrected chi connectivity index (χ1v) is 4.90. The molecule has 4 nitrogen and oxygen atoms in total. The first-order valence-electron chi connectivity index (χ1n) is 4.90. The molecular weight excluding hydrogens is 182 g/mol. The van der Waals surface area contributed by atoms with Crippen LogP contribution in [0.1, 0.15) is 39.0 Å². The van der Waals surface area contributed by atoms with Crippen LogP contribution in [0.4, 0.5) is 0 Å². The average molecular weight is 199 g/mol. The van der Waals surface area contributed by atoms with E-state index in [1.807, 2.05) is 0 Å². The molecule has 0 bridgehead atoms. The predicted octanol–water partition coefficient (Wildman–Crippen LogP) is 1.99. The second-order valence-corrected chi connectivity index (χ2v) is 3.46. The van der Waals surface area contributed by atoms with Crippen LogP contribution < -0.4 is 0 Å². The van der Waals surface area contributed by atoms with Crippen LogP contribution in [0.3, 0.4) is 0 Å². The highest BCUT2D eigenvalue weighted by Gasteiger charge is 2.11. The van der Waals surface area contributed by atoms with Crippen molar-refractivity contribution in [1.29, 1.82) is 0 Å². The van der Waals surface area contributed by atoms with Crippen molar-refractivity contribution >= 4 is 12.0 Å². The van der Waals surface area contributed by atoms with Gasteiger partial charge in [0.05, 0.1) is 6.54 Å². The summed E-state index contributed by atoms with van der Waals surface area (Å²) in [6.07, 6.45) is 8.10. The Morgan fingerprint density at radius 3 is 2.36 bits per heavy atom. The molecular formula is C10H17NO3. The van der Waals surface area contributed by atoms with Gasteiger partial charge in [-0.05, 0) is 18.8 Å². The lowest BCUT2D eigenvalue weighted by atomic mass is 9.89. The van der Waals surface area contributed by atoms with Crippen molar-refractivity contribution < 1.29 is 14.7 Å². The highest BCUT2D eigenvalue weighted by molar-refractivity contribution is 5.62. The first kappa shape index (κ1) is 12.8. The first-order chi connectivity index (χ1) is 6.66. The van der Waals surface area contributed by atoms with Crippen molar-refractivity contribution in [3.05, 3.63) is 0 Å². The Morgan fingerprint density at radius 1 is 1.43 bits per heavy atom. The van der Waals surface area contributed by atoms with Crippen molar-refractivity contribution in [3.63, 3.8) is 0 Å². The summed E-state index contributed by atoms with van der Waals surface area (Å²) in [5, 5.41) is 7.42. The SMILES string of the molecule is CC(=O)O.O=C=NCC1CCCCC1. The Kier molecular flexibility index (Phi) is 7.75. The van der Waals surface area contributed by atoms with Gasteiger partial charge in [-0.3, -0.25) is 4.79 Å². The van der Waals surface area contributed by atoms with E-state index in [1.165, 1.54) is 32.1 Å². The average Bonchev–Trinajstić information content (AvgIpc) is 2.15. The molecule has 1 N–H and O–H groups in total. The highest BCUT2D eigenvalue weighted by atomic mass is 16.4. The van der Waals surface area contributed by atoms with E-state index in [-0.39, 0.29) is 0 Å². The van der Waals surface area contributed by atoms with Crippen molar-refractivity contribution in [2.45, 2.75) is 39.0 Å². The van der Waals surface area contributed by atoms with Gasteiger partial charge in [0.15, 0.2) is 0 Å². The smallest absolute Gasteiger partial charge is 0.300 e. The number of nitrogens with zero attached hydrogens (tertiary/aromatic N) is 1. The molecule has 0 heterocycles. The fourth-order valence-electron chi connectivity index (χ4n) is 1.54. The summed E-state index contributed by atoms with van der Waals surface area (Å²) in [7, 11) is 0. The lowest BCUT2D eigenvalue weighted by Crippen LogP contribution is -2.08. The van der Waals surface area contributed by atoms with Crippen LogP contribution in [-0.2, 0) is 9.59 Å². The van der Waals surface area contributed by atoms with Crippen LogP contribution in [0.5, 0.6) is 0 Å². The maximum absolute atomic E-state index is 9.76. The molecule has 80 valence electrons. The zero-order valence-corrected chi connectivity index (χ0v) is 8.53. The zero-order valence-electron chi connectivity index (χ0n) is 8.53. The largest absolute Gasteiger partial charge is 0.481 e. The molecule has 14 heavy (non-hydrogen) atoms. The van der Waals surface area contributed by atoms with Gasteiger partial charge in [-0.2, -0.15) is 0 Å². The Hall–Kier alpha value is -1.15. The topological polar surface area (TPSA) is 66.7 Å². The number of hydrogen-bond donors (Lipinski definition) is 1. The lowest BCUT2D eigenvalue weighted by molar-refractivity contribution is -0.134. The fourth-order valence-corrected chi connectivity index (χ4v) is 1.54. The van der Waals surface area contributed by atoms with E-state index in [1.54, 1.807) is 6.08 Å². The third-order valence-corrected chi connectivity index (χ3v) is 2.14. The summed E-state index contributed by atoms with van der Waals surface area (Å²) >= 11 is 0. The molecule has 1 rings (SSSR count). The molecule has 0 aromatic heterocycles. The molecule has 0 aromatic carbocycles. The molecule has 0 saturated heterocycles. The van der Waals surface area contributed by atoms with Crippen molar-refractivity contribution in [2.75, 3.05) is 6.54 Å². The zero-order chi connectivity index (χ0) is 10.8. The van der Waals surface area contributed by atoms with Crippen LogP contribution in [0.2, 0.25) is 0 Å². The molecule has 1 saturated carbocycles. The Balaban J connectivity index is 0.000000364. The minimum atomic E-state index is -0.833. The summed E-state index contributed by atoms with van der Waals surface area (Å²) in [6, 6.07) is 0. The molecule has 4 heteroatoms. The number of aliphatic carboxylic acids is 1. The van der Waals surface area contributed by atoms with E-state index in [4.69, 9.17) is 9.90 Å². The molecule has 1 aliphatic carbocycles. The molecule has 0 aliphatic heterocycles. The van der Waals surface area contributed by atoms with Crippen LogP contribution in [-0.4, -0.2) is 23.7 Å². The van der Waals surface area contributed by atoms with Gasteiger partial charge in [-0.15, -0.1) is 0 Å². The van der Waals surface area contributed by atoms with Crippen LogP contribution in [0.15, 0.2) is 4.99 Å². The molecule has 0 atom stereocenters. The number of carbonyl (C=O) groups excluding carboxylic acids is 1. The number of carboxylic acids is 1. The van der Waals surface area contributed by atoms with Crippen molar-refractivity contribution in [2.24, 2.45) is 10.9 Å². The van der Waals surface area contributed by atoms with E-state index in [0.29, 0.717) is 12.5 Å². The summed E-state index contributed by atoms with van der Waals surface area (Å²) in [4.78, 5) is 22.3.